The summed E-state index contributed by atoms with van der Waals surface area (Å²) in [6.45, 7) is 2.63. The van der Waals surface area contributed by atoms with Gasteiger partial charge in [-0.1, -0.05) is 37.3 Å². The lowest BCUT2D eigenvalue weighted by atomic mass is 10.2. The van der Waals surface area contributed by atoms with Gasteiger partial charge in [0.25, 0.3) is 0 Å². The molecule has 0 amide bonds. The molecule has 1 heterocycles. The monoisotopic (exact) mass is 257 g/mol. The Morgan fingerprint density at radius 3 is 2.63 bits per heavy atom. The Labute approximate surface area is 113 Å². The third-order valence-electron chi connectivity index (χ3n) is 2.71. The van der Waals surface area contributed by atoms with Crippen LogP contribution in [-0.2, 0) is 13.0 Å². The van der Waals surface area contributed by atoms with Crippen LogP contribution < -0.4 is 10.1 Å². The summed E-state index contributed by atoms with van der Waals surface area (Å²) in [6.07, 6.45) is 1.88. The van der Waals surface area contributed by atoms with E-state index in [1.807, 2.05) is 43.4 Å². The van der Waals surface area contributed by atoms with Crippen molar-refractivity contribution in [3.05, 3.63) is 47.8 Å². The van der Waals surface area contributed by atoms with Gasteiger partial charge >= 0.3 is 0 Å². The van der Waals surface area contributed by atoms with Gasteiger partial charge in [0, 0.05) is 19.5 Å². The number of benzene rings is 1. The second-order valence-electron chi connectivity index (χ2n) is 4.28. The summed E-state index contributed by atoms with van der Waals surface area (Å²) in [5.74, 6) is 2.23. The fraction of sp³-hybridized carbons (Fsp3) is 0.333. The summed E-state index contributed by atoms with van der Waals surface area (Å²) in [6, 6.07) is 11.9. The van der Waals surface area contributed by atoms with Crippen LogP contribution in [0.1, 0.15) is 24.7 Å². The number of aromatic nitrogens is 2. The summed E-state index contributed by atoms with van der Waals surface area (Å²) in [7, 11) is 1.85. The predicted octanol–water partition coefficient (Wildman–Crippen LogP) is 3.05. The smallest absolute Gasteiger partial charge is 0.219 e. The van der Waals surface area contributed by atoms with Crippen molar-refractivity contribution in [3.63, 3.8) is 0 Å². The number of hydrogen-bond donors (Lipinski definition) is 1. The van der Waals surface area contributed by atoms with Crippen LogP contribution in [0.25, 0.3) is 0 Å². The molecule has 1 N–H and O–H groups in total. The van der Waals surface area contributed by atoms with E-state index in [2.05, 4.69) is 22.2 Å². The van der Waals surface area contributed by atoms with Crippen LogP contribution in [0.15, 0.2) is 36.4 Å². The molecule has 1 aromatic carbocycles. The van der Waals surface area contributed by atoms with Gasteiger partial charge in [0.05, 0.1) is 0 Å². The molecule has 2 rings (SSSR count). The highest BCUT2D eigenvalue weighted by molar-refractivity contribution is 5.37. The Morgan fingerprint density at radius 2 is 1.95 bits per heavy atom. The third kappa shape index (κ3) is 3.95. The highest BCUT2D eigenvalue weighted by atomic mass is 16.5. The molecule has 4 nitrogen and oxygen atoms in total. The zero-order valence-corrected chi connectivity index (χ0v) is 11.4. The number of ether oxygens (including phenoxy) is 1. The van der Waals surface area contributed by atoms with E-state index >= 15 is 0 Å². The van der Waals surface area contributed by atoms with Crippen LogP contribution in [0.5, 0.6) is 5.88 Å². The molecule has 0 spiro atoms. The van der Waals surface area contributed by atoms with E-state index in [4.69, 9.17) is 4.74 Å². The molecule has 0 saturated heterocycles. The van der Waals surface area contributed by atoms with E-state index in [1.54, 1.807) is 0 Å². The van der Waals surface area contributed by atoms with E-state index in [0.717, 1.165) is 30.0 Å². The van der Waals surface area contributed by atoms with Gasteiger partial charge in [-0.05, 0) is 12.0 Å². The fourth-order valence-corrected chi connectivity index (χ4v) is 1.74. The zero-order valence-electron chi connectivity index (χ0n) is 11.4. The van der Waals surface area contributed by atoms with Crippen molar-refractivity contribution in [3.8, 4) is 5.88 Å². The number of nitrogens with one attached hydrogen (secondary N) is 1. The molecule has 4 heteroatoms. The summed E-state index contributed by atoms with van der Waals surface area (Å²) < 4.78 is 5.73. The van der Waals surface area contributed by atoms with Gasteiger partial charge in [0.1, 0.15) is 18.2 Å². The highest BCUT2D eigenvalue weighted by Gasteiger charge is 2.04. The average Bonchev–Trinajstić information content (AvgIpc) is 2.46. The van der Waals surface area contributed by atoms with Crippen LogP contribution in [0, 0.1) is 0 Å². The van der Waals surface area contributed by atoms with Gasteiger partial charge in [-0.3, -0.25) is 0 Å². The van der Waals surface area contributed by atoms with Crippen LogP contribution in [0.2, 0.25) is 0 Å². The lowest BCUT2D eigenvalue weighted by Crippen LogP contribution is -2.04. The van der Waals surface area contributed by atoms with E-state index in [0.29, 0.717) is 12.5 Å². The van der Waals surface area contributed by atoms with Crippen LogP contribution in [-0.4, -0.2) is 17.0 Å². The number of nitrogens with zero attached hydrogens (tertiary/aromatic N) is 2. The minimum atomic E-state index is 0.520. The molecule has 0 aliphatic rings. The van der Waals surface area contributed by atoms with Crippen LogP contribution in [0.4, 0.5) is 5.82 Å². The minimum Gasteiger partial charge on any atom is -0.473 e. The molecule has 0 atom stereocenters. The van der Waals surface area contributed by atoms with Crippen LogP contribution >= 0.6 is 0 Å². The van der Waals surface area contributed by atoms with Crippen molar-refractivity contribution < 1.29 is 4.74 Å². The second-order valence-corrected chi connectivity index (χ2v) is 4.28. The Balaban J connectivity index is 2.08. The van der Waals surface area contributed by atoms with Gasteiger partial charge in [-0.2, -0.15) is 4.98 Å². The Bertz CT molecular complexity index is 514. The predicted molar refractivity (Wildman–Crippen MR) is 76.3 cm³/mol. The van der Waals surface area contributed by atoms with Crippen molar-refractivity contribution in [2.24, 2.45) is 0 Å². The number of aryl methyl sites for hydroxylation is 1. The second kappa shape index (κ2) is 6.73. The largest absolute Gasteiger partial charge is 0.473 e. The maximum Gasteiger partial charge on any atom is 0.219 e. The highest BCUT2D eigenvalue weighted by Crippen LogP contribution is 2.15. The topological polar surface area (TPSA) is 47.0 Å². The van der Waals surface area contributed by atoms with E-state index in [-0.39, 0.29) is 0 Å². The van der Waals surface area contributed by atoms with Gasteiger partial charge < -0.3 is 10.1 Å². The van der Waals surface area contributed by atoms with Gasteiger partial charge in [-0.25, -0.2) is 4.98 Å². The normalized spacial score (nSPS) is 10.2. The first-order valence-electron chi connectivity index (χ1n) is 6.54. The molecular formula is C15H19N3O. The number of anilines is 1. The molecule has 2 aromatic rings. The molecule has 19 heavy (non-hydrogen) atoms. The van der Waals surface area contributed by atoms with Crippen LogP contribution in [0.3, 0.4) is 0 Å². The third-order valence-corrected chi connectivity index (χ3v) is 2.71. The van der Waals surface area contributed by atoms with Crippen molar-refractivity contribution in [2.75, 3.05) is 12.4 Å². The summed E-state index contributed by atoms with van der Waals surface area (Å²) in [5.41, 5.74) is 1.13. The maximum absolute atomic E-state index is 5.73. The Hall–Kier alpha value is -2.10. The summed E-state index contributed by atoms with van der Waals surface area (Å²) in [4.78, 5) is 8.81. The van der Waals surface area contributed by atoms with E-state index in [1.165, 1.54) is 0 Å². The molecule has 0 bridgehead atoms. The van der Waals surface area contributed by atoms with Gasteiger partial charge in [-0.15, -0.1) is 0 Å². The molecule has 0 radical (unpaired) electrons. The number of rotatable bonds is 6. The molecule has 100 valence electrons. The molecule has 0 saturated carbocycles. The van der Waals surface area contributed by atoms with E-state index in [9.17, 15) is 0 Å². The summed E-state index contributed by atoms with van der Waals surface area (Å²) in [5, 5.41) is 3.03. The van der Waals surface area contributed by atoms with Gasteiger partial charge in [0.2, 0.25) is 5.88 Å². The maximum atomic E-state index is 5.73. The van der Waals surface area contributed by atoms with Crippen molar-refractivity contribution in [1.82, 2.24) is 9.97 Å². The van der Waals surface area contributed by atoms with Crippen molar-refractivity contribution in [1.29, 1.82) is 0 Å². The standard InChI is InChI=1S/C15H19N3O/c1-3-7-13-17-14(16-2)10-15(18-13)19-11-12-8-5-4-6-9-12/h4-6,8-10H,3,7,11H2,1-2H3,(H,16,17,18). The first kappa shape index (κ1) is 13.3. The lowest BCUT2D eigenvalue weighted by molar-refractivity contribution is 0.292. The SMILES string of the molecule is CCCc1nc(NC)cc(OCc2ccccc2)n1. The minimum absolute atomic E-state index is 0.520. The van der Waals surface area contributed by atoms with Crippen molar-refractivity contribution in [2.45, 2.75) is 26.4 Å². The molecule has 0 unspecified atom stereocenters. The summed E-state index contributed by atoms with van der Waals surface area (Å²) >= 11 is 0. The molecule has 0 fully saturated rings. The first-order valence-corrected chi connectivity index (χ1v) is 6.54. The average molecular weight is 257 g/mol. The lowest BCUT2D eigenvalue weighted by Gasteiger charge is -2.09. The quantitative estimate of drug-likeness (QED) is 0.864. The van der Waals surface area contributed by atoms with E-state index < -0.39 is 0 Å². The number of hydrogen-bond acceptors (Lipinski definition) is 4. The Kier molecular flexibility index (Phi) is 4.72. The fourth-order valence-electron chi connectivity index (χ4n) is 1.74. The Morgan fingerprint density at radius 1 is 1.16 bits per heavy atom. The first-order chi connectivity index (χ1) is 9.31. The zero-order chi connectivity index (χ0) is 13.5. The molecular weight excluding hydrogens is 238 g/mol. The molecule has 0 aliphatic heterocycles. The molecule has 0 aliphatic carbocycles. The van der Waals surface area contributed by atoms with Crippen molar-refractivity contribution >= 4 is 5.82 Å². The van der Waals surface area contributed by atoms with Gasteiger partial charge in [0.15, 0.2) is 0 Å². The molecule has 1 aromatic heterocycles.